The van der Waals surface area contributed by atoms with Crippen LogP contribution in [0.5, 0.6) is 0 Å². The highest BCUT2D eigenvalue weighted by molar-refractivity contribution is 5.13. The molecule has 4 atom stereocenters. The van der Waals surface area contributed by atoms with Gasteiger partial charge in [0.15, 0.2) is 0 Å². The fourth-order valence-electron chi connectivity index (χ4n) is 4.40. The van der Waals surface area contributed by atoms with Crippen LogP contribution in [0.15, 0.2) is 0 Å². The molecular weight excluding hydrogens is 184 g/mol. The molecule has 2 nitrogen and oxygen atoms in total. The Bertz CT molecular complexity index is 213. The first-order chi connectivity index (χ1) is 7.42. The average molecular weight is 208 g/mol. The van der Waals surface area contributed by atoms with Crippen LogP contribution in [0.4, 0.5) is 0 Å². The van der Waals surface area contributed by atoms with Gasteiger partial charge in [-0.2, -0.15) is 0 Å². The third-order valence-corrected chi connectivity index (χ3v) is 5.00. The summed E-state index contributed by atoms with van der Waals surface area (Å²) in [5.74, 6) is 5.64. The zero-order valence-corrected chi connectivity index (χ0v) is 9.84. The molecule has 0 aromatic rings. The van der Waals surface area contributed by atoms with Crippen LogP contribution >= 0.6 is 0 Å². The molecule has 0 aromatic carbocycles. The quantitative estimate of drug-likeness (QED) is 0.646. The van der Waals surface area contributed by atoms with Gasteiger partial charge < -0.3 is 10.6 Å². The zero-order chi connectivity index (χ0) is 10.3. The molecule has 3 aliphatic carbocycles. The van der Waals surface area contributed by atoms with Crippen LogP contribution in [0.3, 0.4) is 0 Å². The van der Waals surface area contributed by atoms with E-state index in [1.165, 1.54) is 6.54 Å². The van der Waals surface area contributed by atoms with E-state index in [1.807, 2.05) is 0 Å². The number of hydrogen-bond acceptors (Lipinski definition) is 2. The van der Waals surface area contributed by atoms with Gasteiger partial charge in [-0.1, -0.05) is 6.92 Å². The molecule has 2 heteroatoms. The molecule has 0 spiro atoms. The summed E-state index contributed by atoms with van der Waals surface area (Å²) in [5, 5.41) is 6.98. The summed E-state index contributed by atoms with van der Waals surface area (Å²) in [7, 11) is 0. The van der Waals surface area contributed by atoms with Crippen molar-refractivity contribution in [3.8, 4) is 0 Å². The van der Waals surface area contributed by atoms with Gasteiger partial charge in [-0.25, -0.2) is 0 Å². The van der Waals surface area contributed by atoms with Crippen LogP contribution in [0.1, 0.15) is 26.2 Å². The van der Waals surface area contributed by atoms with Crippen molar-refractivity contribution in [2.75, 3.05) is 26.2 Å². The second kappa shape index (κ2) is 4.06. The normalized spacial score (nSPS) is 45.8. The number of rotatable bonds is 6. The Morgan fingerprint density at radius 3 is 2.33 bits per heavy atom. The molecule has 0 amide bonds. The van der Waals surface area contributed by atoms with Crippen LogP contribution in [0.25, 0.3) is 0 Å². The average Bonchev–Trinajstić information content (AvgIpc) is 2.67. The minimum Gasteiger partial charge on any atom is -0.316 e. The van der Waals surface area contributed by atoms with Crippen molar-refractivity contribution in [3.05, 3.63) is 0 Å². The molecule has 3 saturated carbocycles. The van der Waals surface area contributed by atoms with E-state index in [2.05, 4.69) is 17.6 Å². The topological polar surface area (TPSA) is 24.1 Å². The summed E-state index contributed by atoms with van der Waals surface area (Å²) < 4.78 is 0. The third-order valence-electron chi connectivity index (χ3n) is 5.00. The van der Waals surface area contributed by atoms with E-state index in [4.69, 9.17) is 0 Å². The maximum atomic E-state index is 3.62. The van der Waals surface area contributed by atoms with Crippen molar-refractivity contribution in [1.82, 2.24) is 10.6 Å². The summed E-state index contributed by atoms with van der Waals surface area (Å²) in [6, 6.07) is 0. The van der Waals surface area contributed by atoms with Gasteiger partial charge >= 0.3 is 0 Å². The molecule has 3 fully saturated rings. The van der Waals surface area contributed by atoms with E-state index < -0.39 is 0 Å². The highest BCUT2D eigenvalue weighted by atomic mass is 14.9. The summed E-state index contributed by atoms with van der Waals surface area (Å²) >= 11 is 0. The van der Waals surface area contributed by atoms with Crippen molar-refractivity contribution in [2.45, 2.75) is 26.2 Å². The number of likely N-dealkylation sites (N-methyl/N-ethyl adjacent to an activating group) is 1. The van der Waals surface area contributed by atoms with Gasteiger partial charge in [-0.05, 0) is 61.9 Å². The van der Waals surface area contributed by atoms with Crippen LogP contribution in [-0.2, 0) is 0 Å². The van der Waals surface area contributed by atoms with Crippen LogP contribution in [0.2, 0.25) is 0 Å². The molecule has 3 rings (SSSR count). The second-order valence-corrected chi connectivity index (χ2v) is 5.71. The number of fused-ring (bicyclic) bond motifs is 5. The Labute approximate surface area is 93.2 Å². The molecule has 3 aliphatic rings. The fraction of sp³-hybridized carbons (Fsp3) is 1.00. The Hall–Kier alpha value is -0.0800. The minimum absolute atomic E-state index is 1.07. The van der Waals surface area contributed by atoms with E-state index >= 15 is 0 Å². The highest BCUT2D eigenvalue weighted by Crippen LogP contribution is 2.69. The Morgan fingerprint density at radius 1 is 1.00 bits per heavy atom. The lowest BCUT2D eigenvalue weighted by Crippen LogP contribution is -2.29. The highest BCUT2D eigenvalue weighted by Gasteiger charge is 2.64. The Balaban J connectivity index is 1.34. The SMILES string of the molecule is CCNCCNCC1C2C3CCC(C3)C12. The second-order valence-electron chi connectivity index (χ2n) is 5.71. The smallest absolute Gasteiger partial charge is 0.00768 e. The number of hydrogen-bond donors (Lipinski definition) is 2. The van der Waals surface area contributed by atoms with Gasteiger partial charge in [-0.15, -0.1) is 0 Å². The van der Waals surface area contributed by atoms with Gasteiger partial charge in [0, 0.05) is 13.1 Å². The first-order valence-corrected chi connectivity index (χ1v) is 6.83. The predicted molar refractivity (Wildman–Crippen MR) is 62.7 cm³/mol. The maximum absolute atomic E-state index is 3.62. The number of nitrogens with one attached hydrogen (secondary N) is 2. The van der Waals surface area contributed by atoms with Gasteiger partial charge in [0.25, 0.3) is 0 Å². The summed E-state index contributed by atoms with van der Waals surface area (Å²) in [5.41, 5.74) is 0. The van der Waals surface area contributed by atoms with Crippen molar-refractivity contribution < 1.29 is 0 Å². The van der Waals surface area contributed by atoms with Crippen molar-refractivity contribution in [1.29, 1.82) is 0 Å². The van der Waals surface area contributed by atoms with Gasteiger partial charge in [0.1, 0.15) is 0 Å². The van der Waals surface area contributed by atoms with E-state index in [0.29, 0.717) is 0 Å². The predicted octanol–water partition coefficient (Wildman–Crippen LogP) is 1.48. The molecule has 2 N–H and O–H groups in total. The molecule has 0 radical (unpaired) electrons. The monoisotopic (exact) mass is 208 g/mol. The Kier molecular flexibility index (Phi) is 2.73. The van der Waals surface area contributed by atoms with Crippen molar-refractivity contribution in [3.63, 3.8) is 0 Å². The van der Waals surface area contributed by atoms with E-state index in [0.717, 1.165) is 49.2 Å². The zero-order valence-electron chi connectivity index (χ0n) is 9.84. The first-order valence-electron chi connectivity index (χ1n) is 6.83. The molecular formula is C13H24N2. The first kappa shape index (κ1) is 10.1. The molecule has 0 aromatic heterocycles. The van der Waals surface area contributed by atoms with Gasteiger partial charge in [0.2, 0.25) is 0 Å². The van der Waals surface area contributed by atoms with Crippen LogP contribution < -0.4 is 10.6 Å². The van der Waals surface area contributed by atoms with Crippen LogP contribution in [0, 0.1) is 29.6 Å². The standard InChI is InChI=1S/C13H24N2/c1-2-14-5-6-15-8-11-12-9-3-4-10(7-9)13(11)12/h9-15H,2-8H2,1H3. The summed E-state index contributed by atoms with van der Waals surface area (Å²) in [6.45, 7) is 6.85. The van der Waals surface area contributed by atoms with E-state index in [9.17, 15) is 0 Å². The lowest BCUT2D eigenvalue weighted by atomic mass is 10.0. The molecule has 15 heavy (non-hydrogen) atoms. The largest absolute Gasteiger partial charge is 0.316 e. The van der Waals surface area contributed by atoms with E-state index in [-0.39, 0.29) is 0 Å². The molecule has 0 aliphatic heterocycles. The summed E-state index contributed by atoms with van der Waals surface area (Å²) in [4.78, 5) is 0. The molecule has 0 saturated heterocycles. The molecule has 86 valence electrons. The van der Waals surface area contributed by atoms with E-state index in [1.54, 1.807) is 19.3 Å². The lowest BCUT2D eigenvalue weighted by molar-refractivity contribution is 0.442. The van der Waals surface area contributed by atoms with Gasteiger partial charge in [-0.3, -0.25) is 0 Å². The van der Waals surface area contributed by atoms with Gasteiger partial charge in [0.05, 0.1) is 0 Å². The molecule has 0 heterocycles. The molecule has 4 unspecified atom stereocenters. The lowest BCUT2D eigenvalue weighted by Gasteiger charge is -2.09. The Morgan fingerprint density at radius 2 is 1.67 bits per heavy atom. The van der Waals surface area contributed by atoms with Crippen LogP contribution in [-0.4, -0.2) is 26.2 Å². The third kappa shape index (κ3) is 1.72. The van der Waals surface area contributed by atoms with Crippen molar-refractivity contribution >= 4 is 0 Å². The molecule has 2 bridgehead atoms. The van der Waals surface area contributed by atoms with Crippen molar-refractivity contribution in [2.24, 2.45) is 29.6 Å². The fourth-order valence-corrected chi connectivity index (χ4v) is 4.40. The minimum atomic E-state index is 1.07. The summed E-state index contributed by atoms with van der Waals surface area (Å²) in [6.07, 6.45) is 4.70. The maximum Gasteiger partial charge on any atom is 0.00768 e.